The summed E-state index contributed by atoms with van der Waals surface area (Å²) in [5.74, 6) is -1.66. The van der Waals surface area contributed by atoms with Gasteiger partial charge in [-0.25, -0.2) is 0 Å². The third-order valence-electron chi connectivity index (χ3n) is 1.86. The molecule has 0 bridgehead atoms. The molecule has 0 radical (unpaired) electrons. The van der Waals surface area contributed by atoms with Gasteiger partial charge in [-0.1, -0.05) is 6.07 Å². The first-order valence-corrected chi connectivity index (χ1v) is 5.09. The second kappa shape index (κ2) is 4.43. The molecule has 2 N–H and O–H groups in total. The lowest BCUT2D eigenvalue weighted by molar-refractivity contribution is -0.375. The summed E-state index contributed by atoms with van der Waals surface area (Å²) < 4.78 is 73.3. The summed E-state index contributed by atoms with van der Waals surface area (Å²) in [6.45, 7) is 0. The Kier molecular flexibility index (Phi) is 3.63. The maximum absolute atomic E-state index is 12.2. The van der Waals surface area contributed by atoms with Gasteiger partial charge < -0.3 is 10.4 Å². The van der Waals surface area contributed by atoms with E-state index in [9.17, 15) is 31.1 Å². The van der Waals surface area contributed by atoms with E-state index in [1.165, 1.54) is 11.4 Å². The van der Waals surface area contributed by atoms with Crippen molar-refractivity contribution in [3.63, 3.8) is 0 Å². The Morgan fingerprint density at radius 3 is 2.00 bits per heavy atom. The van der Waals surface area contributed by atoms with Crippen molar-refractivity contribution in [3.05, 3.63) is 22.4 Å². The number of amides is 1. The van der Waals surface area contributed by atoms with Gasteiger partial charge in [0.2, 0.25) is 0 Å². The van der Waals surface area contributed by atoms with Crippen LogP contribution in [0, 0.1) is 0 Å². The number of aliphatic hydroxyl groups is 1. The van der Waals surface area contributed by atoms with Crippen LogP contribution in [0.25, 0.3) is 0 Å². The van der Waals surface area contributed by atoms with Crippen molar-refractivity contribution < 1.29 is 36.2 Å². The van der Waals surface area contributed by atoms with Crippen LogP contribution >= 0.6 is 11.3 Å². The molecule has 1 heterocycles. The van der Waals surface area contributed by atoms with Crippen LogP contribution in [0.4, 0.5) is 26.3 Å². The first-order chi connectivity index (χ1) is 7.99. The monoisotopic (exact) mass is 293 g/mol. The minimum atomic E-state index is -6.09. The molecule has 0 aliphatic rings. The van der Waals surface area contributed by atoms with E-state index in [2.05, 4.69) is 0 Å². The van der Waals surface area contributed by atoms with Crippen molar-refractivity contribution in [2.75, 3.05) is 0 Å². The molecule has 0 aliphatic carbocycles. The van der Waals surface area contributed by atoms with Crippen LogP contribution in [0.3, 0.4) is 0 Å². The van der Waals surface area contributed by atoms with Gasteiger partial charge in [0.1, 0.15) is 0 Å². The minimum Gasteiger partial charge on any atom is -0.357 e. The van der Waals surface area contributed by atoms with Crippen molar-refractivity contribution in [1.82, 2.24) is 5.32 Å². The number of carbonyl (C=O) groups is 1. The highest BCUT2D eigenvalue weighted by Crippen LogP contribution is 2.41. The van der Waals surface area contributed by atoms with E-state index in [4.69, 9.17) is 5.11 Å². The second-order valence-electron chi connectivity index (χ2n) is 3.14. The molecule has 102 valence electrons. The average Bonchev–Trinajstić information content (AvgIpc) is 2.66. The van der Waals surface area contributed by atoms with Crippen molar-refractivity contribution >= 4 is 17.2 Å². The fourth-order valence-corrected chi connectivity index (χ4v) is 1.56. The zero-order valence-electron chi connectivity index (χ0n) is 8.26. The molecular weight excluding hydrogens is 288 g/mol. The largest absolute Gasteiger partial charge is 0.446 e. The topological polar surface area (TPSA) is 49.3 Å². The SMILES string of the molecule is O=C(NC(O)(C(F)(F)F)C(F)(F)F)c1cccs1. The van der Waals surface area contributed by atoms with Gasteiger partial charge in [0.15, 0.2) is 0 Å². The van der Waals surface area contributed by atoms with Gasteiger partial charge in [0.05, 0.1) is 4.88 Å². The molecule has 10 heteroatoms. The Morgan fingerprint density at radius 1 is 1.17 bits per heavy atom. The highest BCUT2D eigenvalue weighted by Gasteiger charge is 2.71. The zero-order valence-corrected chi connectivity index (χ0v) is 9.08. The van der Waals surface area contributed by atoms with Gasteiger partial charge in [-0.2, -0.15) is 26.3 Å². The summed E-state index contributed by atoms with van der Waals surface area (Å²) in [7, 11) is 0. The molecule has 1 rings (SSSR count). The third kappa shape index (κ3) is 2.58. The highest BCUT2D eigenvalue weighted by molar-refractivity contribution is 7.12. The number of rotatable bonds is 2. The molecule has 0 saturated carbocycles. The summed E-state index contributed by atoms with van der Waals surface area (Å²) in [5, 5.41) is 10.5. The van der Waals surface area contributed by atoms with Gasteiger partial charge in [-0.05, 0) is 11.4 Å². The smallest absolute Gasteiger partial charge is 0.357 e. The second-order valence-corrected chi connectivity index (χ2v) is 4.09. The molecule has 0 spiro atoms. The van der Waals surface area contributed by atoms with E-state index >= 15 is 0 Å². The molecule has 1 amide bonds. The van der Waals surface area contributed by atoms with E-state index in [0.717, 1.165) is 6.07 Å². The molecule has 0 unspecified atom stereocenters. The fraction of sp³-hybridized carbons (Fsp3) is 0.375. The molecule has 0 atom stereocenters. The number of alkyl halides is 6. The Morgan fingerprint density at radius 2 is 1.67 bits per heavy atom. The summed E-state index contributed by atoms with van der Waals surface area (Å²) in [4.78, 5) is 10.8. The summed E-state index contributed by atoms with van der Waals surface area (Å²) in [5.41, 5.74) is -5.28. The summed E-state index contributed by atoms with van der Waals surface area (Å²) in [6.07, 6.45) is -12.2. The lowest BCUT2D eigenvalue weighted by Gasteiger charge is -2.32. The quantitative estimate of drug-likeness (QED) is 0.649. The molecule has 0 aliphatic heterocycles. The molecular formula is C8H5F6NO2S. The van der Waals surface area contributed by atoms with Crippen molar-refractivity contribution in [1.29, 1.82) is 0 Å². The first-order valence-electron chi connectivity index (χ1n) is 4.21. The van der Waals surface area contributed by atoms with E-state index in [1.807, 2.05) is 0 Å². The molecule has 18 heavy (non-hydrogen) atoms. The zero-order chi connectivity index (χ0) is 14.2. The van der Waals surface area contributed by atoms with E-state index < -0.39 is 24.0 Å². The first kappa shape index (κ1) is 14.8. The predicted octanol–water partition coefficient (Wildman–Crippen LogP) is 2.29. The van der Waals surface area contributed by atoms with E-state index in [1.54, 1.807) is 0 Å². The van der Waals surface area contributed by atoms with Crippen LogP contribution in [0.5, 0.6) is 0 Å². The number of hydrogen-bond acceptors (Lipinski definition) is 3. The van der Waals surface area contributed by atoms with Crippen LogP contribution in [0.1, 0.15) is 9.67 Å². The number of nitrogens with one attached hydrogen (secondary N) is 1. The van der Waals surface area contributed by atoms with E-state index in [-0.39, 0.29) is 4.88 Å². The molecule has 0 fully saturated rings. The van der Waals surface area contributed by atoms with Gasteiger partial charge >= 0.3 is 18.1 Å². The Hall–Kier alpha value is -1.29. The Bertz CT molecular complexity index is 410. The molecule has 0 saturated heterocycles. The minimum absolute atomic E-state index is 0.387. The van der Waals surface area contributed by atoms with Gasteiger partial charge in [-0.3, -0.25) is 4.79 Å². The highest BCUT2D eigenvalue weighted by atomic mass is 32.1. The predicted molar refractivity (Wildman–Crippen MR) is 48.8 cm³/mol. The average molecular weight is 293 g/mol. The van der Waals surface area contributed by atoms with Crippen molar-refractivity contribution in [3.8, 4) is 0 Å². The maximum Gasteiger partial charge on any atom is 0.446 e. The lowest BCUT2D eigenvalue weighted by Crippen LogP contribution is -2.67. The normalized spacial score (nSPS) is 13.5. The van der Waals surface area contributed by atoms with Crippen LogP contribution in [-0.2, 0) is 0 Å². The summed E-state index contributed by atoms with van der Waals surface area (Å²) in [6, 6.07) is 2.28. The Balaban J connectivity index is 3.05. The van der Waals surface area contributed by atoms with Gasteiger partial charge in [0, 0.05) is 0 Å². The molecule has 3 nitrogen and oxygen atoms in total. The van der Waals surface area contributed by atoms with Crippen molar-refractivity contribution in [2.45, 2.75) is 18.1 Å². The molecule has 1 aromatic heterocycles. The van der Waals surface area contributed by atoms with Crippen LogP contribution < -0.4 is 5.32 Å². The molecule has 0 aromatic carbocycles. The number of halogens is 6. The van der Waals surface area contributed by atoms with Crippen LogP contribution in [0.2, 0.25) is 0 Å². The molecule has 1 aromatic rings. The van der Waals surface area contributed by atoms with Crippen LogP contribution in [-0.4, -0.2) is 29.1 Å². The number of carbonyl (C=O) groups excluding carboxylic acids is 1. The standard InChI is InChI=1S/C8H5F6NO2S/c9-7(10,11)6(17,8(12,13)14)15-5(16)4-2-1-3-18-4/h1-3,17H,(H,15,16). The summed E-state index contributed by atoms with van der Waals surface area (Å²) >= 11 is 0.635. The fourth-order valence-electron chi connectivity index (χ4n) is 0.936. The van der Waals surface area contributed by atoms with Gasteiger partial charge in [0.25, 0.3) is 5.91 Å². The Labute approximate surface area is 100 Å². The third-order valence-corrected chi connectivity index (χ3v) is 2.73. The lowest BCUT2D eigenvalue weighted by atomic mass is 10.2. The maximum atomic E-state index is 12.2. The van der Waals surface area contributed by atoms with Gasteiger partial charge in [-0.15, -0.1) is 11.3 Å². The van der Waals surface area contributed by atoms with Crippen LogP contribution in [0.15, 0.2) is 17.5 Å². The van der Waals surface area contributed by atoms with Crippen molar-refractivity contribution in [2.24, 2.45) is 0 Å². The van der Waals surface area contributed by atoms with E-state index in [0.29, 0.717) is 16.7 Å². The number of thiophene rings is 1. The number of hydrogen-bond donors (Lipinski definition) is 2.